The van der Waals surface area contributed by atoms with Gasteiger partial charge in [-0.05, 0) is 48.7 Å². The lowest BCUT2D eigenvalue weighted by Gasteiger charge is -2.21. The summed E-state index contributed by atoms with van der Waals surface area (Å²) < 4.78 is 10.7. The average molecular weight is 340 g/mol. The molecule has 1 atom stereocenters. The van der Waals surface area contributed by atoms with Crippen LogP contribution in [0.5, 0.6) is 11.5 Å². The number of amides is 1. The second-order valence-electron chi connectivity index (χ2n) is 6.25. The second kappa shape index (κ2) is 7.57. The number of ether oxygens (including phenoxy) is 2. The summed E-state index contributed by atoms with van der Waals surface area (Å²) in [4.78, 5) is 11.5. The first-order valence-corrected chi connectivity index (χ1v) is 8.47. The summed E-state index contributed by atoms with van der Waals surface area (Å²) in [5.41, 5.74) is 4.39. The van der Waals surface area contributed by atoms with Crippen molar-refractivity contribution in [2.24, 2.45) is 0 Å². The van der Waals surface area contributed by atoms with Gasteiger partial charge in [0.2, 0.25) is 5.91 Å². The molecule has 2 aromatic rings. The van der Waals surface area contributed by atoms with E-state index in [9.17, 15) is 4.79 Å². The van der Waals surface area contributed by atoms with E-state index in [1.54, 1.807) is 14.2 Å². The Morgan fingerprint density at radius 3 is 2.72 bits per heavy atom. The van der Waals surface area contributed by atoms with Gasteiger partial charge in [-0.15, -0.1) is 0 Å². The van der Waals surface area contributed by atoms with Gasteiger partial charge < -0.3 is 20.1 Å². The molecule has 1 heterocycles. The number of fused-ring (bicyclic) bond motifs is 1. The van der Waals surface area contributed by atoms with Gasteiger partial charge in [0.05, 0.1) is 14.2 Å². The third-order valence-electron chi connectivity index (χ3n) is 4.61. The Labute approximate surface area is 148 Å². The molecule has 0 aromatic heterocycles. The number of hydrogen-bond donors (Lipinski definition) is 2. The Bertz CT molecular complexity index is 774. The molecule has 0 bridgehead atoms. The van der Waals surface area contributed by atoms with E-state index in [1.807, 2.05) is 24.3 Å². The molecule has 1 amide bonds. The molecular formula is C20H24N2O3. The van der Waals surface area contributed by atoms with Crippen LogP contribution >= 0.6 is 0 Å². The minimum atomic E-state index is 0.0940. The largest absolute Gasteiger partial charge is 0.497 e. The van der Waals surface area contributed by atoms with Gasteiger partial charge in [0, 0.05) is 30.3 Å². The van der Waals surface area contributed by atoms with Gasteiger partial charge in [0.1, 0.15) is 11.5 Å². The summed E-state index contributed by atoms with van der Waals surface area (Å²) in [6, 6.07) is 12.2. The summed E-state index contributed by atoms with van der Waals surface area (Å²) in [5, 5.41) is 6.46. The van der Waals surface area contributed by atoms with Crippen molar-refractivity contribution in [3.8, 4) is 11.5 Å². The third kappa shape index (κ3) is 3.94. The van der Waals surface area contributed by atoms with Gasteiger partial charge in [0.25, 0.3) is 0 Å². The summed E-state index contributed by atoms with van der Waals surface area (Å²) in [6.07, 6.45) is 1.35. The van der Waals surface area contributed by atoms with Crippen molar-refractivity contribution >= 4 is 11.6 Å². The van der Waals surface area contributed by atoms with Crippen LogP contribution in [0.4, 0.5) is 5.69 Å². The number of carbonyl (C=O) groups excluding carboxylic acids is 1. The maximum Gasteiger partial charge on any atom is 0.224 e. The summed E-state index contributed by atoms with van der Waals surface area (Å²) >= 11 is 0. The number of carbonyl (C=O) groups is 1. The van der Waals surface area contributed by atoms with Crippen molar-refractivity contribution in [3.05, 3.63) is 53.1 Å². The average Bonchev–Trinajstić information content (AvgIpc) is 2.65. The van der Waals surface area contributed by atoms with Crippen LogP contribution in [0.25, 0.3) is 0 Å². The lowest BCUT2D eigenvalue weighted by Crippen LogP contribution is -2.21. The van der Waals surface area contributed by atoms with Gasteiger partial charge in [-0.3, -0.25) is 4.79 Å². The number of benzene rings is 2. The molecule has 1 aliphatic rings. The Balaban J connectivity index is 1.71. The maximum atomic E-state index is 11.5. The number of anilines is 1. The van der Waals surface area contributed by atoms with E-state index in [0.29, 0.717) is 13.0 Å². The molecular weight excluding hydrogens is 316 g/mol. The molecule has 1 aliphatic heterocycles. The first-order chi connectivity index (χ1) is 12.1. The van der Waals surface area contributed by atoms with E-state index < -0.39 is 0 Å². The van der Waals surface area contributed by atoms with Crippen molar-refractivity contribution in [2.75, 3.05) is 19.5 Å². The zero-order valence-electron chi connectivity index (χ0n) is 14.9. The molecule has 2 N–H and O–H groups in total. The number of hydrogen-bond acceptors (Lipinski definition) is 4. The summed E-state index contributed by atoms with van der Waals surface area (Å²) in [6.45, 7) is 2.81. The van der Waals surface area contributed by atoms with Crippen LogP contribution in [0.3, 0.4) is 0 Å². The number of methoxy groups -OCH3 is 2. The monoisotopic (exact) mass is 340 g/mol. The molecule has 5 nitrogen and oxygen atoms in total. The zero-order valence-corrected chi connectivity index (χ0v) is 14.9. The van der Waals surface area contributed by atoms with Gasteiger partial charge in [0.15, 0.2) is 0 Å². The predicted molar refractivity (Wildman–Crippen MR) is 98.2 cm³/mol. The fourth-order valence-electron chi connectivity index (χ4n) is 3.07. The molecule has 2 aromatic carbocycles. The van der Waals surface area contributed by atoms with E-state index in [4.69, 9.17) is 9.47 Å². The minimum absolute atomic E-state index is 0.0940. The smallest absolute Gasteiger partial charge is 0.224 e. The fourth-order valence-corrected chi connectivity index (χ4v) is 3.07. The van der Waals surface area contributed by atoms with Gasteiger partial charge in [-0.2, -0.15) is 0 Å². The molecule has 0 fully saturated rings. The third-order valence-corrected chi connectivity index (χ3v) is 4.61. The van der Waals surface area contributed by atoms with Crippen molar-refractivity contribution in [1.29, 1.82) is 0 Å². The highest BCUT2D eigenvalue weighted by Crippen LogP contribution is 2.27. The van der Waals surface area contributed by atoms with Crippen molar-refractivity contribution < 1.29 is 14.3 Å². The summed E-state index contributed by atoms with van der Waals surface area (Å²) in [5.74, 6) is 1.75. The second-order valence-corrected chi connectivity index (χ2v) is 6.25. The summed E-state index contributed by atoms with van der Waals surface area (Å²) in [7, 11) is 3.33. The van der Waals surface area contributed by atoms with Crippen LogP contribution in [0.1, 0.15) is 36.1 Å². The van der Waals surface area contributed by atoms with Crippen LogP contribution in [0, 0.1) is 0 Å². The number of rotatable bonds is 6. The van der Waals surface area contributed by atoms with Gasteiger partial charge in [-0.1, -0.05) is 12.1 Å². The molecule has 0 spiro atoms. The lowest BCUT2D eigenvalue weighted by atomic mass is 9.97. The van der Waals surface area contributed by atoms with Gasteiger partial charge in [-0.25, -0.2) is 0 Å². The maximum absolute atomic E-state index is 11.5. The molecule has 132 valence electrons. The van der Waals surface area contributed by atoms with E-state index in [0.717, 1.165) is 29.2 Å². The Kier molecular flexibility index (Phi) is 5.24. The Hall–Kier alpha value is -2.53. The molecule has 5 heteroatoms. The predicted octanol–water partition coefficient (Wildman–Crippen LogP) is 3.44. The van der Waals surface area contributed by atoms with Crippen LogP contribution in [0.2, 0.25) is 0 Å². The molecule has 0 saturated heterocycles. The molecule has 25 heavy (non-hydrogen) atoms. The fraction of sp³-hybridized carbons (Fsp3) is 0.350. The van der Waals surface area contributed by atoms with Crippen LogP contribution in [0.15, 0.2) is 36.4 Å². The molecule has 0 unspecified atom stereocenters. The lowest BCUT2D eigenvalue weighted by molar-refractivity contribution is -0.116. The van der Waals surface area contributed by atoms with Crippen LogP contribution in [-0.2, 0) is 17.8 Å². The van der Waals surface area contributed by atoms with E-state index >= 15 is 0 Å². The highest BCUT2D eigenvalue weighted by molar-refractivity contribution is 5.93. The van der Waals surface area contributed by atoms with Crippen molar-refractivity contribution in [2.45, 2.75) is 32.4 Å². The van der Waals surface area contributed by atoms with Crippen molar-refractivity contribution in [3.63, 3.8) is 0 Å². The topological polar surface area (TPSA) is 59.6 Å². The molecule has 0 radical (unpaired) electrons. The SMILES string of the molecule is COc1ccc(OC)c(CN[C@@H](C)c2ccc3c(c2)CCC(=O)N3)c1. The first-order valence-electron chi connectivity index (χ1n) is 8.47. The standard InChI is InChI=1S/C20H24N2O3/c1-13(14-4-7-18-15(10-14)5-9-20(23)22-18)21-12-16-11-17(24-2)6-8-19(16)25-3/h4,6-8,10-11,13,21H,5,9,12H2,1-3H3,(H,22,23)/t13-/m0/s1. The van der Waals surface area contributed by atoms with E-state index in [2.05, 4.69) is 29.7 Å². The van der Waals surface area contributed by atoms with Crippen LogP contribution < -0.4 is 20.1 Å². The Morgan fingerprint density at radius 2 is 1.96 bits per heavy atom. The highest BCUT2D eigenvalue weighted by atomic mass is 16.5. The molecule has 3 rings (SSSR count). The molecule has 0 saturated carbocycles. The molecule has 0 aliphatic carbocycles. The number of aryl methyl sites for hydroxylation is 1. The highest BCUT2D eigenvalue weighted by Gasteiger charge is 2.16. The van der Waals surface area contributed by atoms with E-state index in [1.165, 1.54) is 11.1 Å². The minimum Gasteiger partial charge on any atom is -0.497 e. The zero-order chi connectivity index (χ0) is 17.8. The van der Waals surface area contributed by atoms with Crippen LogP contribution in [-0.4, -0.2) is 20.1 Å². The Morgan fingerprint density at radius 1 is 1.12 bits per heavy atom. The van der Waals surface area contributed by atoms with Crippen molar-refractivity contribution in [1.82, 2.24) is 5.32 Å². The quantitative estimate of drug-likeness (QED) is 0.846. The normalized spacial score (nSPS) is 14.4. The number of nitrogens with one attached hydrogen (secondary N) is 2. The van der Waals surface area contributed by atoms with Gasteiger partial charge >= 0.3 is 0 Å². The first kappa shape index (κ1) is 17.3. The van der Waals surface area contributed by atoms with E-state index in [-0.39, 0.29) is 11.9 Å².